The number of aromatic nitrogens is 1. The number of hydrogen-bond donors (Lipinski definition) is 1. The van der Waals surface area contributed by atoms with Gasteiger partial charge >= 0.3 is 0 Å². The summed E-state index contributed by atoms with van der Waals surface area (Å²) in [5.74, 6) is 0.0961. The second-order valence-electron chi connectivity index (χ2n) is 5.73. The van der Waals surface area contributed by atoms with Crippen molar-refractivity contribution < 1.29 is 5.11 Å². The molecule has 2 atom stereocenters. The van der Waals surface area contributed by atoms with Crippen LogP contribution in [0.1, 0.15) is 42.9 Å². The van der Waals surface area contributed by atoms with Crippen molar-refractivity contribution in [3.05, 3.63) is 78.1 Å². The number of rotatable bonds is 5. The van der Waals surface area contributed by atoms with Gasteiger partial charge in [-0.2, -0.15) is 0 Å². The van der Waals surface area contributed by atoms with E-state index in [-0.39, 0.29) is 5.92 Å². The molecule has 0 saturated carbocycles. The molecule has 3 rings (SSSR count). The van der Waals surface area contributed by atoms with E-state index >= 15 is 0 Å². The molecule has 1 aromatic heterocycles. The first-order valence-electron chi connectivity index (χ1n) is 7.86. The molecule has 0 aliphatic rings. The van der Waals surface area contributed by atoms with Crippen LogP contribution in [-0.2, 0) is 0 Å². The molecule has 112 valence electrons. The zero-order chi connectivity index (χ0) is 15.4. The second kappa shape index (κ2) is 6.71. The Morgan fingerprint density at radius 1 is 0.955 bits per heavy atom. The molecule has 0 bridgehead atoms. The van der Waals surface area contributed by atoms with Gasteiger partial charge in [-0.05, 0) is 34.4 Å². The maximum Gasteiger partial charge on any atom is 0.0873 e. The van der Waals surface area contributed by atoms with Gasteiger partial charge in [0.1, 0.15) is 0 Å². The Morgan fingerprint density at radius 2 is 1.77 bits per heavy atom. The molecule has 2 heteroatoms. The van der Waals surface area contributed by atoms with Crippen molar-refractivity contribution in [2.45, 2.75) is 31.8 Å². The number of aliphatic hydroxyl groups excluding tert-OH is 1. The van der Waals surface area contributed by atoms with Gasteiger partial charge in [0.2, 0.25) is 0 Å². The molecule has 0 aliphatic heterocycles. The molecule has 2 nitrogen and oxygen atoms in total. The number of benzene rings is 2. The molecule has 0 amide bonds. The van der Waals surface area contributed by atoms with E-state index in [4.69, 9.17) is 0 Å². The first-order chi connectivity index (χ1) is 10.8. The van der Waals surface area contributed by atoms with Gasteiger partial charge in [0, 0.05) is 18.3 Å². The summed E-state index contributed by atoms with van der Waals surface area (Å²) in [5.41, 5.74) is 2.08. The summed E-state index contributed by atoms with van der Waals surface area (Å²) in [6.45, 7) is 2.16. The molecule has 2 aromatic carbocycles. The molecule has 1 heterocycles. The van der Waals surface area contributed by atoms with E-state index in [1.54, 1.807) is 12.4 Å². The van der Waals surface area contributed by atoms with Crippen molar-refractivity contribution in [1.82, 2.24) is 4.98 Å². The van der Waals surface area contributed by atoms with Gasteiger partial charge in [-0.3, -0.25) is 4.98 Å². The van der Waals surface area contributed by atoms with Crippen LogP contribution in [-0.4, -0.2) is 10.1 Å². The maximum atomic E-state index is 10.8. The first-order valence-corrected chi connectivity index (χ1v) is 7.86. The van der Waals surface area contributed by atoms with E-state index in [0.717, 1.165) is 18.4 Å². The number of hydrogen-bond acceptors (Lipinski definition) is 2. The summed E-state index contributed by atoms with van der Waals surface area (Å²) in [7, 11) is 0. The molecule has 1 N–H and O–H groups in total. The topological polar surface area (TPSA) is 33.1 Å². The average Bonchev–Trinajstić information content (AvgIpc) is 2.59. The lowest BCUT2D eigenvalue weighted by Gasteiger charge is -2.23. The summed E-state index contributed by atoms with van der Waals surface area (Å²) in [5, 5.41) is 13.3. The highest BCUT2D eigenvalue weighted by Gasteiger charge is 2.22. The van der Waals surface area contributed by atoms with Crippen LogP contribution in [0.25, 0.3) is 10.8 Å². The standard InChI is InChI=1S/C20H21NO/c1-2-6-19(20(22)18-9-5-12-21-14-18)17-11-10-15-7-3-4-8-16(15)13-17/h3-5,7-14,19-20,22H,2,6H2,1H3/t19-,20-/m0/s1. The Hall–Kier alpha value is -2.19. The van der Waals surface area contributed by atoms with E-state index in [1.165, 1.54) is 16.3 Å². The van der Waals surface area contributed by atoms with Crippen molar-refractivity contribution in [1.29, 1.82) is 0 Å². The fourth-order valence-corrected chi connectivity index (χ4v) is 3.04. The highest BCUT2D eigenvalue weighted by atomic mass is 16.3. The van der Waals surface area contributed by atoms with Crippen LogP contribution in [0.5, 0.6) is 0 Å². The minimum Gasteiger partial charge on any atom is -0.388 e. The van der Waals surface area contributed by atoms with E-state index in [0.29, 0.717) is 0 Å². The Balaban J connectivity index is 1.98. The van der Waals surface area contributed by atoms with Crippen LogP contribution in [0, 0.1) is 0 Å². The molecule has 0 spiro atoms. The van der Waals surface area contributed by atoms with Gasteiger partial charge in [0.05, 0.1) is 6.10 Å². The Labute approximate surface area is 131 Å². The van der Waals surface area contributed by atoms with Crippen molar-refractivity contribution >= 4 is 10.8 Å². The van der Waals surface area contributed by atoms with Crippen LogP contribution in [0.15, 0.2) is 67.0 Å². The third-order valence-corrected chi connectivity index (χ3v) is 4.21. The molecule has 0 aliphatic carbocycles. The Morgan fingerprint density at radius 3 is 2.50 bits per heavy atom. The van der Waals surface area contributed by atoms with Crippen LogP contribution in [0.2, 0.25) is 0 Å². The van der Waals surface area contributed by atoms with E-state index < -0.39 is 6.10 Å². The quantitative estimate of drug-likeness (QED) is 0.728. The fourth-order valence-electron chi connectivity index (χ4n) is 3.04. The average molecular weight is 291 g/mol. The summed E-state index contributed by atoms with van der Waals surface area (Å²) < 4.78 is 0. The second-order valence-corrected chi connectivity index (χ2v) is 5.73. The fraction of sp³-hybridized carbons (Fsp3) is 0.250. The van der Waals surface area contributed by atoms with Gasteiger partial charge in [-0.15, -0.1) is 0 Å². The normalized spacial score (nSPS) is 13.9. The third-order valence-electron chi connectivity index (χ3n) is 4.21. The van der Waals surface area contributed by atoms with E-state index in [9.17, 15) is 5.11 Å². The highest BCUT2D eigenvalue weighted by Crippen LogP contribution is 2.35. The van der Waals surface area contributed by atoms with Crippen LogP contribution in [0.4, 0.5) is 0 Å². The molecule has 3 aromatic rings. The Kier molecular flexibility index (Phi) is 4.50. The number of pyridine rings is 1. The smallest absolute Gasteiger partial charge is 0.0873 e. The molecule has 0 saturated heterocycles. The minimum atomic E-state index is -0.519. The van der Waals surface area contributed by atoms with Crippen molar-refractivity contribution in [3.63, 3.8) is 0 Å². The van der Waals surface area contributed by atoms with Crippen LogP contribution >= 0.6 is 0 Å². The molecule has 0 fully saturated rings. The van der Waals surface area contributed by atoms with E-state index in [1.807, 2.05) is 12.1 Å². The molecule has 0 radical (unpaired) electrons. The van der Waals surface area contributed by atoms with Crippen molar-refractivity contribution in [2.24, 2.45) is 0 Å². The lowest BCUT2D eigenvalue weighted by atomic mass is 9.85. The lowest BCUT2D eigenvalue weighted by molar-refractivity contribution is 0.139. The predicted octanol–water partition coefficient (Wildman–Crippen LogP) is 4.85. The first kappa shape index (κ1) is 14.7. The predicted molar refractivity (Wildman–Crippen MR) is 90.8 cm³/mol. The zero-order valence-electron chi connectivity index (χ0n) is 12.8. The SMILES string of the molecule is CCC[C@@H](c1ccc2ccccc2c1)[C@@H](O)c1cccnc1. The van der Waals surface area contributed by atoms with Crippen molar-refractivity contribution in [2.75, 3.05) is 0 Å². The summed E-state index contributed by atoms with van der Waals surface area (Å²) in [6, 6.07) is 18.7. The zero-order valence-corrected chi connectivity index (χ0v) is 12.8. The molecular formula is C20H21NO. The summed E-state index contributed by atoms with van der Waals surface area (Å²) in [6.07, 6.45) is 4.97. The monoisotopic (exact) mass is 291 g/mol. The maximum absolute atomic E-state index is 10.8. The molecule has 22 heavy (non-hydrogen) atoms. The number of nitrogens with zero attached hydrogens (tertiary/aromatic N) is 1. The lowest BCUT2D eigenvalue weighted by Crippen LogP contribution is -2.11. The van der Waals surface area contributed by atoms with Gasteiger partial charge < -0.3 is 5.11 Å². The third kappa shape index (κ3) is 3.02. The van der Waals surface area contributed by atoms with Crippen LogP contribution in [0.3, 0.4) is 0 Å². The van der Waals surface area contributed by atoms with Crippen LogP contribution < -0.4 is 0 Å². The van der Waals surface area contributed by atoms with Gasteiger partial charge in [0.15, 0.2) is 0 Å². The highest BCUT2D eigenvalue weighted by molar-refractivity contribution is 5.83. The van der Waals surface area contributed by atoms with Crippen molar-refractivity contribution in [3.8, 4) is 0 Å². The summed E-state index contributed by atoms with van der Waals surface area (Å²) >= 11 is 0. The van der Waals surface area contributed by atoms with E-state index in [2.05, 4.69) is 54.4 Å². The minimum absolute atomic E-state index is 0.0961. The molecular weight excluding hydrogens is 270 g/mol. The number of aliphatic hydroxyl groups is 1. The largest absolute Gasteiger partial charge is 0.388 e. The van der Waals surface area contributed by atoms with Gasteiger partial charge in [-0.1, -0.05) is 61.9 Å². The van der Waals surface area contributed by atoms with Gasteiger partial charge in [-0.25, -0.2) is 0 Å². The summed E-state index contributed by atoms with van der Waals surface area (Å²) in [4.78, 5) is 4.13. The van der Waals surface area contributed by atoms with Gasteiger partial charge in [0.25, 0.3) is 0 Å². The molecule has 0 unspecified atom stereocenters. The number of fused-ring (bicyclic) bond motifs is 1. The Bertz CT molecular complexity index is 739.